The number of nitrogens with zero attached hydrogens (tertiary/aromatic N) is 2. The molecule has 12 heteroatoms. The smallest absolute Gasteiger partial charge is 0.432 e. The summed E-state index contributed by atoms with van der Waals surface area (Å²) in [5.41, 5.74) is -0.0508. The van der Waals surface area contributed by atoms with Gasteiger partial charge in [-0.1, -0.05) is 55.7 Å². The quantitative estimate of drug-likeness (QED) is 0.189. The number of ether oxygens (including phenoxy) is 2. The van der Waals surface area contributed by atoms with E-state index in [1.807, 2.05) is 25.0 Å². The Kier molecular flexibility index (Phi) is 8.63. The number of unbranched alkanes of at least 4 members (excludes halogenated alkanes) is 2. The third-order valence-corrected chi connectivity index (χ3v) is 7.11. The molecule has 0 aliphatic rings. The molecule has 0 bridgehead atoms. The molecule has 4 rings (SSSR count). The van der Waals surface area contributed by atoms with Gasteiger partial charge in [0, 0.05) is 18.1 Å². The Morgan fingerprint density at radius 2 is 1.87 bits per heavy atom. The topological polar surface area (TPSA) is 106 Å². The molecule has 2 heterocycles. The molecular formula is C27H28F3N3O5S. The number of carbonyl (C=O) groups is 1. The number of aliphatic carboxylic acids is 1. The first-order valence-corrected chi connectivity index (χ1v) is 13.2. The van der Waals surface area contributed by atoms with Gasteiger partial charge >= 0.3 is 12.1 Å². The lowest BCUT2D eigenvalue weighted by Crippen LogP contribution is -2.25. The number of hydrogen-bond donors (Lipinski definition) is 2. The number of aromatic nitrogens is 3. The Morgan fingerprint density at radius 3 is 2.51 bits per heavy atom. The molecule has 39 heavy (non-hydrogen) atoms. The number of halogens is 3. The molecule has 0 aliphatic heterocycles. The summed E-state index contributed by atoms with van der Waals surface area (Å²) in [5, 5.41) is 14.8. The largest absolute Gasteiger partial charge is 0.494 e. The molecular weight excluding hydrogens is 535 g/mol. The van der Waals surface area contributed by atoms with Gasteiger partial charge in [-0.3, -0.25) is 14.7 Å². The van der Waals surface area contributed by atoms with Crippen molar-refractivity contribution in [3.05, 3.63) is 75.7 Å². The molecule has 0 radical (unpaired) electrons. The first-order valence-electron chi connectivity index (χ1n) is 12.4. The van der Waals surface area contributed by atoms with Crippen LogP contribution in [0.3, 0.4) is 0 Å². The first-order chi connectivity index (χ1) is 18.5. The van der Waals surface area contributed by atoms with Crippen LogP contribution in [0.2, 0.25) is 0 Å². The Balaban J connectivity index is 1.68. The number of hydrogen-bond acceptors (Lipinski definition) is 6. The van der Waals surface area contributed by atoms with E-state index in [1.54, 1.807) is 36.4 Å². The van der Waals surface area contributed by atoms with E-state index >= 15 is 0 Å². The molecule has 0 saturated heterocycles. The van der Waals surface area contributed by atoms with Crippen molar-refractivity contribution in [2.75, 3.05) is 6.61 Å². The van der Waals surface area contributed by atoms with Crippen LogP contribution in [0, 0.1) is 0 Å². The highest BCUT2D eigenvalue weighted by atomic mass is 32.1. The summed E-state index contributed by atoms with van der Waals surface area (Å²) >= 11 is 1.13. The van der Waals surface area contributed by atoms with Gasteiger partial charge in [-0.15, -0.1) is 5.10 Å². The second-order valence-corrected chi connectivity index (χ2v) is 10.3. The lowest BCUT2D eigenvalue weighted by Gasteiger charge is -2.18. The minimum atomic E-state index is -4.62. The van der Waals surface area contributed by atoms with Gasteiger partial charge < -0.3 is 14.6 Å². The van der Waals surface area contributed by atoms with Crippen molar-refractivity contribution in [1.82, 2.24) is 14.2 Å². The predicted octanol–water partition coefficient (Wildman–Crippen LogP) is 6.58. The van der Waals surface area contributed by atoms with Gasteiger partial charge in [0.1, 0.15) is 11.4 Å². The molecule has 8 nitrogen and oxygen atoms in total. The lowest BCUT2D eigenvalue weighted by molar-refractivity contribution is -0.141. The van der Waals surface area contributed by atoms with Crippen molar-refractivity contribution in [2.24, 2.45) is 0 Å². The van der Waals surface area contributed by atoms with Gasteiger partial charge in [0.15, 0.2) is 0 Å². The number of carboxylic acid groups (broad SMARTS) is 1. The van der Waals surface area contributed by atoms with Crippen molar-refractivity contribution in [3.63, 3.8) is 0 Å². The molecule has 0 saturated carbocycles. The number of fused-ring (bicyclic) bond motifs is 1. The van der Waals surface area contributed by atoms with Crippen LogP contribution in [-0.4, -0.2) is 31.8 Å². The van der Waals surface area contributed by atoms with Crippen LogP contribution in [0.1, 0.15) is 68.5 Å². The van der Waals surface area contributed by atoms with Crippen molar-refractivity contribution in [2.45, 2.75) is 57.9 Å². The van der Waals surface area contributed by atoms with Crippen molar-refractivity contribution in [1.29, 1.82) is 0 Å². The summed E-state index contributed by atoms with van der Waals surface area (Å²) in [7, 11) is 0. The highest BCUT2D eigenvalue weighted by molar-refractivity contribution is 7.14. The molecule has 2 aromatic carbocycles. The number of benzene rings is 2. The zero-order chi connectivity index (χ0) is 28.2. The molecule has 1 unspecified atom stereocenters. The van der Waals surface area contributed by atoms with Gasteiger partial charge in [-0.2, -0.15) is 13.2 Å². The Hall–Kier alpha value is -3.80. The average Bonchev–Trinajstić information content (AvgIpc) is 3.49. The van der Waals surface area contributed by atoms with Crippen LogP contribution in [0.15, 0.2) is 53.3 Å². The highest BCUT2D eigenvalue weighted by Gasteiger charge is 2.34. The summed E-state index contributed by atoms with van der Waals surface area (Å²) in [6.07, 6.45) is -3.59. The monoisotopic (exact) mass is 563 g/mol. The average molecular weight is 564 g/mol. The third-order valence-electron chi connectivity index (χ3n) is 6.03. The fourth-order valence-corrected chi connectivity index (χ4v) is 5.21. The normalized spacial score (nSPS) is 12.7. The fourth-order valence-electron chi connectivity index (χ4n) is 4.10. The first kappa shape index (κ1) is 28.2. The van der Waals surface area contributed by atoms with E-state index in [0.717, 1.165) is 23.2 Å². The van der Waals surface area contributed by atoms with Crippen molar-refractivity contribution < 1.29 is 32.5 Å². The predicted molar refractivity (Wildman–Crippen MR) is 141 cm³/mol. The van der Waals surface area contributed by atoms with Crippen LogP contribution in [0.4, 0.5) is 13.2 Å². The van der Waals surface area contributed by atoms with Crippen LogP contribution >= 0.6 is 11.5 Å². The number of carboxylic acids is 1. The minimum absolute atomic E-state index is 0.0147. The minimum Gasteiger partial charge on any atom is -0.494 e. The van der Waals surface area contributed by atoms with E-state index in [2.05, 4.69) is 5.10 Å². The van der Waals surface area contributed by atoms with Crippen LogP contribution in [0.5, 0.6) is 11.6 Å². The van der Waals surface area contributed by atoms with E-state index in [4.69, 9.17) is 14.6 Å². The summed E-state index contributed by atoms with van der Waals surface area (Å²) in [5.74, 6) is -0.555. The van der Waals surface area contributed by atoms with Crippen LogP contribution in [0.25, 0.3) is 10.1 Å². The zero-order valence-corrected chi connectivity index (χ0v) is 22.1. The standard InChI is InChI=1S/C27H28F3N3O5S/c1-16(2)19-13-18(37-12-8-4-7-11-23(34)35)14-20-24(19)25(36)33(39-20)26(17-9-5-3-6-10-17)38-22-15-21(31-32-22)27(28,29)30/h3,5-6,9-10,13-16,26H,4,7-8,11-12H2,1-2H3,(H,31,32)(H,34,35). The fraction of sp³-hybridized carbons (Fsp3) is 0.370. The van der Waals surface area contributed by atoms with Gasteiger partial charge in [0.2, 0.25) is 12.1 Å². The van der Waals surface area contributed by atoms with Gasteiger partial charge in [0.05, 0.1) is 16.7 Å². The summed E-state index contributed by atoms with van der Waals surface area (Å²) in [6, 6.07) is 13.1. The molecule has 0 fully saturated rings. The molecule has 0 aliphatic carbocycles. The Labute approximate surface area is 226 Å². The van der Waals surface area contributed by atoms with Crippen LogP contribution in [-0.2, 0) is 11.0 Å². The second-order valence-electron chi connectivity index (χ2n) is 9.31. The number of rotatable bonds is 12. The van der Waals surface area contributed by atoms with E-state index in [-0.39, 0.29) is 23.8 Å². The molecule has 208 valence electrons. The number of nitrogens with one attached hydrogen (secondary N) is 1. The third kappa shape index (κ3) is 6.80. The summed E-state index contributed by atoms with van der Waals surface area (Å²) < 4.78 is 53.2. The van der Waals surface area contributed by atoms with Crippen molar-refractivity contribution >= 4 is 27.6 Å². The van der Waals surface area contributed by atoms with Gasteiger partial charge in [-0.05, 0) is 42.9 Å². The van der Waals surface area contributed by atoms with E-state index in [9.17, 15) is 22.8 Å². The lowest BCUT2D eigenvalue weighted by atomic mass is 9.99. The SMILES string of the molecule is CC(C)c1cc(OCCCCCC(=O)O)cc2sn(C(Oc3cc(C(F)(F)F)[nH]n3)c3ccccc3)c(=O)c12. The number of alkyl halides is 3. The number of H-pyrrole nitrogens is 1. The molecule has 0 spiro atoms. The molecule has 2 aromatic heterocycles. The van der Waals surface area contributed by atoms with Crippen molar-refractivity contribution in [3.8, 4) is 11.6 Å². The Bertz CT molecular complexity index is 1480. The molecule has 0 amide bonds. The van der Waals surface area contributed by atoms with E-state index in [0.29, 0.717) is 47.3 Å². The zero-order valence-electron chi connectivity index (χ0n) is 21.3. The Morgan fingerprint density at radius 1 is 1.13 bits per heavy atom. The van der Waals surface area contributed by atoms with E-state index in [1.165, 1.54) is 3.96 Å². The molecule has 2 N–H and O–H groups in total. The maximum atomic E-state index is 13.7. The molecule has 4 aromatic rings. The summed E-state index contributed by atoms with van der Waals surface area (Å²) in [6.45, 7) is 4.31. The molecule has 1 atom stereocenters. The second kappa shape index (κ2) is 11.9. The summed E-state index contributed by atoms with van der Waals surface area (Å²) in [4.78, 5) is 24.4. The van der Waals surface area contributed by atoms with Gasteiger partial charge in [-0.25, -0.2) is 3.96 Å². The maximum Gasteiger partial charge on any atom is 0.432 e. The van der Waals surface area contributed by atoms with Gasteiger partial charge in [0.25, 0.3) is 5.56 Å². The van der Waals surface area contributed by atoms with E-state index < -0.39 is 24.1 Å². The highest BCUT2D eigenvalue weighted by Crippen LogP contribution is 2.35. The van der Waals surface area contributed by atoms with Crippen LogP contribution < -0.4 is 15.0 Å². The number of aromatic amines is 1. The maximum absolute atomic E-state index is 13.7.